The molecule has 0 amide bonds. The highest BCUT2D eigenvalue weighted by Gasteiger charge is 2.34. The highest BCUT2D eigenvalue weighted by atomic mass is 79.9. The van der Waals surface area contributed by atoms with Gasteiger partial charge < -0.3 is 4.84 Å². The molecule has 24 heavy (non-hydrogen) atoms. The van der Waals surface area contributed by atoms with Crippen molar-refractivity contribution in [2.75, 3.05) is 0 Å². The minimum Gasteiger partial charge on any atom is -0.391 e. The normalized spacial score (nSPS) is 12.3. The van der Waals surface area contributed by atoms with Crippen molar-refractivity contribution in [1.29, 1.82) is 0 Å². The van der Waals surface area contributed by atoms with Crippen molar-refractivity contribution in [3.05, 3.63) is 68.7 Å². The van der Waals surface area contributed by atoms with Crippen molar-refractivity contribution >= 4 is 33.2 Å². The first-order valence-electron chi connectivity index (χ1n) is 7.11. The van der Waals surface area contributed by atoms with Gasteiger partial charge in [-0.3, -0.25) is 0 Å². The third-order valence-electron chi connectivity index (χ3n) is 3.25. The van der Waals surface area contributed by atoms with Crippen LogP contribution in [0.1, 0.15) is 30.0 Å². The lowest BCUT2D eigenvalue weighted by Crippen LogP contribution is -2.13. The lowest BCUT2D eigenvalue weighted by atomic mass is 10.0. The quantitative estimate of drug-likeness (QED) is 0.402. The average Bonchev–Trinajstić information content (AvgIpc) is 2.52. The zero-order valence-electron chi connectivity index (χ0n) is 12.7. The Hall–Kier alpha value is -1.53. The molecule has 0 aliphatic heterocycles. The van der Waals surface area contributed by atoms with Gasteiger partial charge in [0.15, 0.2) is 0 Å². The fraction of sp³-hybridized carbons (Fsp3) is 0.235. The van der Waals surface area contributed by atoms with Gasteiger partial charge in [0.1, 0.15) is 6.61 Å². The summed E-state index contributed by atoms with van der Waals surface area (Å²) in [5, 5.41) is 4.11. The monoisotopic (exact) mass is 419 g/mol. The molecule has 0 spiro atoms. The Bertz CT molecular complexity index is 730. The third kappa shape index (κ3) is 4.98. The molecule has 128 valence electrons. The Balaban J connectivity index is 2.24. The SMILES string of the molecule is CCC(=NOCc1ccc(Br)cc1)c1cc(Cl)ccc1C(F)(F)F. The smallest absolute Gasteiger partial charge is 0.391 e. The maximum absolute atomic E-state index is 13.2. The molecule has 0 aliphatic rings. The van der Waals surface area contributed by atoms with Crippen LogP contribution in [0.4, 0.5) is 13.2 Å². The van der Waals surface area contributed by atoms with Crippen LogP contribution in [0.25, 0.3) is 0 Å². The molecule has 0 heterocycles. The van der Waals surface area contributed by atoms with E-state index in [1.807, 2.05) is 24.3 Å². The largest absolute Gasteiger partial charge is 0.417 e. The van der Waals surface area contributed by atoms with Crippen LogP contribution in [0.3, 0.4) is 0 Å². The molecule has 0 unspecified atom stereocenters. The number of oxime groups is 1. The predicted molar refractivity (Wildman–Crippen MR) is 92.2 cm³/mol. The third-order valence-corrected chi connectivity index (χ3v) is 4.02. The zero-order chi connectivity index (χ0) is 17.7. The summed E-state index contributed by atoms with van der Waals surface area (Å²) in [7, 11) is 0. The Kier molecular flexibility index (Phi) is 6.29. The standard InChI is InChI=1S/C17H14BrClF3NO/c1-2-16(23-24-10-11-3-5-12(18)6-4-11)14-9-13(19)7-8-15(14)17(20,21)22/h3-9H,2,10H2,1H3. The number of nitrogens with zero attached hydrogens (tertiary/aromatic N) is 1. The van der Waals surface area contributed by atoms with Crippen LogP contribution < -0.4 is 0 Å². The molecule has 2 aromatic carbocycles. The second kappa shape index (κ2) is 8.03. The first-order valence-corrected chi connectivity index (χ1v) is 8.28. The number of rotatable bonds is 5. The molecule has 0 saturated heterocycles. The van der Waals surface area contributed by atoms with E-state index in [1.54, 1.807) is 6.92 Å². The van der Waals surface area contributed by atoms with Gasteiger partial charge in [0, 0.05) is 15.1 Å². The van der Waals surface area contributed by atoms with E-state index < -0.39 is 11.7 Å². The molecule has 0 bridgehead atoms. The van der Waals surface area contributed by atoms with Crippen LogP contribution in [-0.4, -0.2) is 5.71 Å². The van der Waals surface area contributed by atoms with Gasteiger partial charge in [0.25, 0.3) is 0 Å². The van der Waals surface area contributed by atoms with Crippen LogP contribution in [0, 0.1) is 0 Å². The van der Waals surface area contributed by atoms with E-state index in [1.165, 1.54) is 12.1 Å². The van der Waals surface area contributed by atoms with Gasteiger partial charge in [-0.2, -0.15) is 13.2 Å². The first kappa shape index (κ1) is 18.8. The van der Waals surface area contributed by atoms with E-state index in [0.717, 1.165) is 16.1 Å². The minimum atomic E-state index is -4.48. The average molecular weight is 421 g/mol. The van der Waals surface area contributed by atoms with Gasteiger partial charge in [-0.1, -0.05) is 51.7 Å². The molecule has 0 radical (unpaired) electrons. The van der Waals surface area contributed by atoms with Crippen molar-refractivity contribution < 1.29 is 18.0 Å². The van der Waals surface area contributed by atoms with Crippen molar-refractivity contribution in [2.45, 2.75) is 26.1 Å². The number of halogens is 5. The number of alkyl halides is 3. The molecule has 0 N–H and O–H groups in total. The van der Waals surface area contributed by atoms with Crippen LogP contribution in [0.5, 0.6) is 0 Å². The van der Waals surface area contributed by atoms with Gasteiger partial charge in [0.2, 0.25) is 0 Å². The molecule has 2 rings (SSSR count). The number of hydrogen-bond acceptors (Lipinski definition) is 2. The fourth-order valence-corrected chi connectivity index (χ4v) is 2.51. The van der Waals surface area contributed by atoms with Crippen molar-refractivity contribution in [1.82, 2.24) is 0 Å². The van der Waals surface area contributed by atoms with Gasteiger partial charge in [-0.25, -0.2) is 0 Å². The summed E-state index contributed by atoms with van der Waals surface area (Å²) in [4.78, 5) is 5.24. The van der Waals surface area contributed by atoms with Gasteiger partial charge in [0.05, 0.1) is 11.3 Å². The molecule has 0 aromatic heterocycles. The van der Waals surface area contributed by atoms with Crippen molar-refractivity contribution in [3.8, 4) is 0 Å². The van der Waals surface area contributed by atoms with Gasteiger partial charge >= 0.3 is 6.18 Å². The summed E-state index contributed by atoms with van der Waals surface area (Å²) in [5.41, 5.74) is 0.217. The molecule has 0 saturated carbocycles. The van der Waals surface area contributed by atoms with E-state index in [0.29, 0.717) is 0 Å². The molecule has 0 fully saturated rings. The maximum Gasteiger partial charge on any atom is 0.417 e. The molecule has 7 heteroatoms. The molecular formula is C17H14BrClF3NO. The lowest BCUT2D eigenvalue weighted by Gasteiger charge is -2.14. The van der Waals surface area contributed by atoms with E-state index in [4.69, 9.17) is 16.4 Å². The van der Waals surface area contributed by atoms with E-state index in [2.05, 4.69) is 21.1 Å². The lowest BCUT2D eigenvalue weighted by molar-refractivity contribution is -0.137. The van der Waals surface area contributed by atoms with Gasteiger partial charge in [-0.05, 0) is 42.3 Å². The highest BCUT2D eigenvalue weighted by Crippen LogP contribution is 2.34. The van der Waals surface area contributed by atoms with Crippen LogP contribution in [0.15, 0.2) is 52.1 Å². The van der Waals surface area contributed by atoms with Crippen molar-refractivity contribution in [3.63, 3.8) is 0 Å². The Morgan fingerprint density at radius 3 is 2.42 bits per heavy atom. The first-order chi connectivity index (χ1) is 11.3. The summed E-state index contributed by atoms with van der Waals surface area (Å²) >= 11 is 9.17. The Morgan fingerprint density at radius 2 is 1.83 bits per heavy atom. The van der Waals surface area contributed by atoms with Crippen LogP contribution in [-0.2, 0) is 17.6 Å². The van der Waals surface area contributed by atoms with Crippen molar-refractivity contribution in [2.24, 2.45) is 5.16 Å². The molecular weight excluding hydrogens is 407 g/mol. The maximum atomic E-state index is 13.2. The summed E-state index contributed by atoms with van der Waals surface area (Å²) in [6, 6.07) is 10.8. The number of benzene rings is 2. The van der Waals surface area contributed by atoms with Crippen LogP contribution >= 0.6 is 27.5 Å². The summed E-state index contributed by atoms with van der Waals surface area (Å²) in [6.07, 6.45) is -4.20. The van der Waals surface area contributed by atoms with E-state index in [-0.39, 0.29) is 29.3 Å². The zero-order valence-corrected chi connectivity index (χ0v) is 15.0. The predicted octanol–water partition coefficient (Wildman–Crippen LogP) is 6.45. The Labute approximate surface area is 151 Å². The molecule has 0 aliphatic carbocycles. The van der Waals surface area contributed by atoms with E-state index >= 15 is 0 Å². The Morgan fingerprint density at radius 1 is 1.17 bits per heavy atom. The minimum absolute atomic E-state index is 0.0618. The summed E-state index contributed by atoms with van der Waals surface area (Å²) in [6.45, 7) is 1.88. The topological polar surface area (TPSA) is 21.6 Å². The molecule has 2 aromatic rings. The van der Waals surface area contributed by atoms with E-state index in [9.17, 15) is 13.2 Å². The second-order valence-corrected chi connectivity index (χ2v) is 6.33. The highest BCUT2D eigenvalue weighted by molar-refractivity contribution is 9.10. The van der Waals surface area contributed by atoms with Crippen LogP contribution in [0.2, 0.25) is 5.02 Å². The molecule has 0 atom stereocenters. The summed E-state index contributed by atoms with van der Waals surface area (Å²) < 4.78 is 40.4. The summed E-state index contributed by atoms with van der Waals surface area (Å²) in [5.74, 6) is 0. The second-order valence-electron chi connectivity index (χ2n) is 4.98. The molecule has 2 nitrogen and oxygen atoms in total. The van der Waals surface area contributed by atoms with Gasteiger partial charge in [-0.15, -0.1) is 0 Å². The number of hydrogen-bond donors (Lipinski definition) is 0. The fourth-order valence-electron chi connectivity index (χ4n) is 2.07.